The first-order valence-electron chi connectivity index (χ1n) is 8.73. The summed E-state index contributed by atoms with van der Waals surface area (Å²) < 4.78 is 1.65. The number of fused-ring (bicyclic) bond motifs is 1. The van der Waals surface area contributed by atoms with E-state index in [2.05, 4.69) is 15.7 Å². The lowest BCUT2D eigenvalue weighted by molar-refractivity contribution is -0.116. The van der Waals surface area contributed by atoms with E-state index in [0.717, 1.165) is 23.9 Å². The Labute approximate surface area is 152 Å². The maximum absolute atomic E-state index is 12.6. The molecule has 6 heteroatoms. The third-order valence-electron chi connectivity index (χ3n) is 4.06. The van der Waals surface area contributed by atoms with Crippen LogP contribution in [0.15, 0.2) is 48.7 Å². The van der Waals surface area contributed by atoms with Gasteiger partial charge in [0.05, 0.1) is 16.9 Å². The molecule has 6 nitrogen and oxygen atoms in total. The minimum atomic E-state index is -0.316. The zero-order valence-electron chi connectivity index (χ0n) is 15.0. The zero-order chi connectivity index (χ0) is 18.5. The summed E-state index contributed by atoms with van der Waals surface area (Å²) >= 11 is 0. The van der Waals surface area contributed by atoms with Gasteiger partial charge in [0.25, 0.3) is 5.91 Å². The molecule has 0 aliphatic carbocycles. The molecule has 2 aromatic heterocycles. The minimum absolute atomic E-state index is 0.0565. The summed E-state index contributed by atoms with van der Waals surface area (Å²) in [6.45, 7) is 3.98. The second-order valence-corrected chi connectivity index (χ2v) is 6.25. The maximum Gasteiger partial charge on any atom is 0.276 e. The van der Waals surface area contributed by atoms with Gasteiger partial charge in [-0.25, -0.2) is 4.52 Å². The minimum Gasteiger partial charge on any atom is -0.324 e. The first kappa shape index (κ1) is 17.7. The molecular weight excluding hydrogens is 328 g/mol. The largest absolute Gasteiger partial charge is 0.324 e. The fourth-order valence-corrected chi connectivity index (χ4v) is 2.66. The van der Waals surface area contributed by atoms with E-state index < -0.39 is 0 Å². The number of anilines is 2. The van der Waals surface area contributed by atoms with E-state index in [1.165, 1.54) is 0 Å². The van der Waals surface area contributed by atoms with E-state index in [0.29, 0.717) is 23.5 Å². The van der Waals surface area contributed by atoms with Crippen molar-refractivity contribution in [3.8, 4) is 0 Å². The number of carbonyl (C=O) groups is 2. The highest BCUT2D eigenvalue weighted by Crippen LogP contribution is 2.24. The summed E-state index contributed by atoms with van der Waals surface area (Å²) in [4.78, 5) is 24.6. The molecule has 0 unspecified atom stereocenters. The van der Waals surface area contributed by atoms with E-state index in [4.69, 9.17) is 0 Å². The van der Waals surface area contributed by atoms with Gasteiger partial charge in [-0.3, -0.25) is 9.59 Å². The Morgan fingerprint density at radius 1 is 1.08 bits per heavy atom. The molecule has 0 atom stereocenters. The van der Waals surface area contributed by atoms with Crippen molar-refractivity contribution < 1.29 is 9.59 Å². The molecule has 0 bridgehead atoms. The molecule has 2 amide bonds. The van der Waals surface area contributed by atoms with Gasteiger partial charge >= 0.3 is 0 Å². The Balaban J connectivity index is 1.80. The molecule has 3 rings (SSSR count). The molecule has 0 saturated carbocycles. The average Bonchev–Trinajstić information content (AvgIpc) is 3.06. The Morgan fingerprint density at radius 3 is 2.69 bits per heavy atom. The van der Waals surface area contributed by atoms with Crippen molar-refractivity contribution in [2.75, 3.05) is 10.6 Å². The van der Waals surface area contributed by atoms with E-state index in [-0.39, 0.29) is 11.8 Å². The van der Waals surface area contributed by atoms with Crippen molar-refractivity contribution in [1.29, 1.82) is 0 Å². The zero-order valence-corrected chi connectivity index (χ0v) is 15.0. The molecule has 0 aliphatic rings. The van der Waals surface area contributed by atoms with Gasteiger partial charge in [0, 0.05) is 12.6 Å². The number of carbonyl (C=O) groups excluding carboxylic acids is 2. The lowest BCUT2D eigenvalue weighted by Gasteiger charge is -2.12. The van der Waals surface area contributed by atoms with Crippen LogP contribution in [0, 0.1) is 6.92 Å². The maximum atomic E-state index is 12.6. The molecule has 3 aromatic rings. The van der Waals surface area contributed by atoms with E-state index in [1.54, 1.807) is 22.8 Å². The monoisotopic (exact) mass is 350 g/mol. The summed E-state index contributed by atoms with van der Waals surface area (Å²) in [7, 11) is 0. The quantitative estimate of drug-likeness (QED) is 0.705. The first-order chi connectivity index (χ1) is 12.6. The molecule has 0 spiro atoms. The van der Waals surface area contributed by atoms with Crippen LogP contribution < -0.4 is 10.6 Å². The Bertz CT molecular complexity index is 913. The summed E-state index contributed by atoms with van der Waals surface area (Å²) in [5, 5.41) is 10.0. The Morgan fingerprint density at radius 2 is 1.92 bits per heavy atom. The Kier molecular flexibility index (Phi) is 5.31. The molecular formula is C20H22N4O2. The number of pyridine rings is 1. The van der Waals surface area contributed by atoms with Crippen molar-refractivity contribution in [2.24, 2.45) is 0 Å². The van der Waals surface area contributed by atoms with E-state index in [1.807, 2.05) is 44.2 Å². The van der Waals surface area contributed by atoms with Gasteiger partial charge in [-0.2, -0.15) is 5.10 Å². The smallest absolute Gasteiger partial charge is 0.276 e. The summed E-state index contributed by atoms with van der Waals surface area (Å²) in [6, 6.07) is 12.9. The van der Waals surface area contributed by atoms with Gasteiger partial charge in [-0.1, -0.05) is 25.5 Å². The van der Waals surface area contributed by atoms with Crippen molar-refractivity contribution in [2.45, 2.75) is 33.1 Å². The first-order valence-corrected chi connectivity index (χ1v) is 8.73. The number of hydrogen-bond donors (Lipinski definition) is 2. The molecule has 0 fully saturated rings. The molecule has 1 aromatic carbocycles. The lowest BCUT2D eigenvalue weighted by atomic mass is 10.1. The number of unbranched alkanes of at least 4 members (excludes halogenated alkanes) is 1. The number of aryl methyl sites for hydroxylation is 1. The predicted molar refractivity (Wildman–Crippen MR) is 102 cm³/mol. The predicted octanol–water partition coefficient (Wildman–Crippen LogP) is 4.02. The third kappa shape index (κ3) is 4.08. The molecule has 2 N–H and O–H groups in total. The van der Waals surface area contributed by atoms with Gasteiger partial charge in [-0.05, 0) is 49.2 Å². The van der Waals surface area contributed by atoms with Crippen LogP contribution in [-0.2, 0) is 4.79 Å². The third-order valence-corrected chi connectivity index (χ3v) is 4.06. The number of benzene rings is 1. The molecule has 0 saturated heterocycles. The van der Waals surface area contributed by atoms with Gasteiger partial charge in [0.2, 0.25) is 5.91 Å². The number of nitrogens with one attached hydrogen (secondary N) is 2. The van der Waals surface area contributed by atoms with E-state index >= 15 is 0 Å². The second-order valence-electron chi connectivity index (χ2n) is 6.25. The topological polar surface area (TPSA) is 75.5 Å². The van der Waals surface area contributed by atoms with Crippen LogP contribution >= 0.6 is 0 Å². The van der Waals surface area contributed by atoms with Crippen LogP contribution in [0.1, 0.15) is 42.2 Å². The number of hydrogen-bond acceptors (Lipinski definition) is 3. The van der Waals surface area contributed by atoms with Crippen LogP contribution in [0.25, 0.3) is 5.52 Å². The highest BCUT2D eigenvalue weighted by molar-refractivity contribution is 6.06. The lowest BCUT2D eigenvalue weighted by Crippen LogP contribution is -2.17. The van der Waals surface area contributed by atoms with E-state index in [9.17, 15) is 9.59 Å². The average molecular weight is 350 g/mol. The highest BCUT2D eigenvalue weighted by atomic mass is 16.2. The molecule has 26 heavy (non-hydrogen) atoms. The van der Waals surface area contributed by atoms with Crippen LogP contribution in [0.2, 0.25) is 0 Å². The number of amides is 2. The number of aromatic nitrogens is 2. The van der Waals surface area contributed by atoms with Gasteiger partial charge in [0.1, 0.15) is 0 Å². The number of rotatable bonds is 6. The SMILES string of the molecule is CCCCC(=O)Nc1ccc(C)cc1NC(=O)c1cc2ccccn2n1. The van der Waals surface area contributed by atoms with Gasteiger partial charge < -0.3 is 10.6 Å². The standard InChI is InChI=1S/C20H22N4O2/c1-3-4-8-19(25)21-16-10-9-14(2)12-17(16)22-20(26)18-13-15-7-5-6-11-24(15)23-18/h5-7,9-13H,3-4,8H2,1-2H3,(H,21,25)(H,22,26). The van der Waals surface area contributed by atoms with Gasteiger partial charge in [-0.15, -0.1) is 0 Å². The summed E-state index contributed by atoms with van der Waals surface area (Å²) in [5.41, 5.74) is 3.31. The molecule has 2 heterocycles. The van der Waals surface area contributed by atoms with Crippen molar-refractivity contribution in [3.63, 3.8) is 0 Å². The van der Waals surface area contributed by atoms with Crippen molar-refractivity contribution >= 4 is 28.7 Å². The summed E-state index contributed by atoms with van der Waals surface area (Å²) in [5.74, 6) is -0.373. The van der Waals surface area contributed by atoms with Crippen LogP contribution in [0.4, 0.5) is 11.4 Å². The van der Waals surface area contributed by atoms with Crippen LogP contribution in [0.5, 0.6) is 0 Å². The van der Waals surface area contributed by atoms with Crippen molar-refractivity contribution in [1.82, 2.24) is 9.61 Å². The molecule has 134 valence electrons. The fourth-order valence-electron chi connectivity index (χ4n) is 2.66. The number of nitrogens with zero attached hydrogens (tertiary/aromatic N) is 2. The molecule has 0 aliphatic heterocycles. The van der Waals surface area contributed by atoms with Crippen molar-refractivity contribution in [3.05, 3.63) is 59.9 Å². The van der Waals surface area contributed by atoms with Gasteiger partial charge in [0.15, 0.2) is 5.69 Å². The van der Waals surface area contributed by atoms with Crippen LogP contribution in [-0.4, -0.2) is 21.4 Å². The molecule has 0 radical (unpaired) electrons. The summed E-state index contributed by atoms with van der Waals surface area (Å²) in [6.07, 6.45) is 4.04. The Hall–Kier alpha value is -3.15. The fraction of sp³-hybridized carbons (Fsp3) is 0.250. The normalized spacial score (nSPS) is 10.7. The second kappa shape index (κ2) is 7.82. The highest BCUT2D eigenvalue weighted by Gasteiger charge is 2.14. The van der Waals surface area contributed by atoms with Crippen LogP contribution in [0.3, 0.4) is 0 Å².